The fraction of sp³-hybridized carbons (Fsp3) is 0.312. The minimum absolute atomic E-state index is 0.0778. The lowest BCUT2D eigenvalue weighted by Gasteiger charge is -2.21. The van der Waals surface area contributed by atoms with Crippen LogP contribution in [0.1, 0.15) is 10.4 Å². The number of carbonyl (C=O) groups is 1. The summed E-state index contributed by atoms with van der Waals surface area (Å²) in [6.45, 7) is 1.63. The highest BCUT2D eigenvalue weighted by atomic mass is 35.5. The highest BCUT2D eigenvalue weighted by Crippen LogP contribution is 2.22. The molecule has 1 heterocycles. The maximum atomic E-state index is 12.3. The number of hydrogen-bond donors (Lipinski definition) is 0. The van der Waals surface area contributed by atoms with Crippen molar-refractivity contribution < 1.29 is 4.79 Å². The Balaban J connectivity index is 1.85. The molecule has 22 heavy (non-hydrogen) atoms. The molecule has 118 valence electrons. The Morgan fingerprint density at radius 2 is 1.91 bits per heavy atom. The summed E-state index contributed by atoms with van der Waals surface area (Å²) in [5.41, 5.74) is 1.09. The van der Waals surface area contributed by atoms with E-state index in [1.54, 1.807) is 4.90 Å². The van der Waals surface area contributed by atoms with Gasteiger partial charge in [-0.05, 0) is 36.9 Å². The number of likely N-dealkylation sites (N-methyl/N-ethyl adjacent to an activating group) is 2. The second-order valence-corrected chi connectivity index (χ2v) is 7.49. The van der Waals surface area contributed by atoms with Gasteiger partial charge in [0.15, 0.2) is 0 Å². The van der Waals surface area contributed by atoms with Gasteiger partial charge in [-0.1, -0.05) is 35.3 Å². The fourth-order valence-electron chi connectivity index (χ4n) is 2.11. The molecule has 0 aliphatic rings. The van der Waals surface area contributed by atoms with Crippen LogP contribution in [0.3, 0.4) is 0 Å². The van der Waals surface area contributed by atoms with Gasteiger partial charge >= 0.3 is 0 Å². The molecule has 0 saturated carbocycles. The first-order valence-corrected chi connectivity index (χ1v) is 8.42. The van der Waals surface area contributed by atoms with Crippen LogP contribution in [0.2, 0.25) is 9.36 Å². The molecule has 0 radical (unpaired) electrons. The van der Waals surface area contributed by atoms with Crippen molar-refractivity contribution in [3.8, 4) is 0 Å². The van der Waals surface area contributed by atoms with Crippen LogP contribution in [0, 0.1) is 0 Å². The summed E-state index contributed by atoms with van der Waals surface area (Å²) < 4.78 is 0.744. The van der Waals surface area contributed by atoms with Crippen molar-refractivity contribution in [2.75, 3.05) is 20.6 Å². The molecule has 0 aliphatic carbocycles. The second-order valence-electron chi connectivity index (χ2n) is 5.26. The molecule has 1 amide bonds. The summed E-state index contributed by atoms with van der Waals surface area (Å²) in [6, 6.07) is 11.5. The zero-order valence-electron chi connectivity index (χ0n) is 12.6. The molecule has 3 nitrogen and oxygen atoms in total. The molecule has 0 N–H and O–H groups in total. The Morgan fingerprint density at radius 1 is 1.14 bits per heavy atom. The molecule has 0 atom stereocenters. The van der Waals surface area contributed by atoms with Gasteiger partial charge in [0.25, 0.3) is 0 Å². The summed E-state index contributed by atoms with van der Waals surface area (Å²) >= 11 is 13.4. The van der Waals surface area contributed by atoms with Crippen molar-refractivity contribution in [2.24, 2.45) is 0 Å². The van der Waals surface area contributed by atoms with Crippen LogP contribution in [0.15, 0.2) is 36.4 Å². The summed E-state index contributed by atoms with van der Waals surface area (Å²) in [7, 11) is 3.73. The van der Waals surface area contributed by atoms with Crippen LogP contribution in [-0.2, 0) is 17.9 Å². The zero-order valence-corrected chi connectivity index (χ0v) is 14.9. The normalized spacial score (nSPS) is 11.0. The van der Waals surface area contributed by atoms with Gasteiger partial charge < -0.3 is 4.90 Å². The largest absolute Gasteiger partial charge is 0.340 e. The standard InChI is InChI=1S/C16H18Cl2N2OS/c1-19(9-12-4-3-5-13(17)8-12)11-16(21)20(2)10-14-6-7-15(18)22-14/h3-8H,9-11H2,1-2H3. The van der Waals surface area contributed by atoms with Crippen molar-refractivity contribution in [3.63, 3.8) is 0 Å². The molecule has 0 spiro atoms. The van der Waals surface area contributed by atoms with Crippen LogP contribution >= 0.6 is 34.5 Å². The Bertz CT molecular complexity index is 645. The van der Waals surface area contributed by atoms with Gasteiger partial charge in [0.1, 0.15) is 0 Å². The lowest BCUT2D eigenvalue weighted by atomic mass is 10.2. The molecule has 6 heteroatoms. The first kappa shape index (κ1) is 17.3. The van der Waals surface area contributed by atoms with E-state index < -0.39 is 0 Å². The van der Waals surface area contributed by atoms with Gasteiger partial charge in [-0.2, -0.15) is 0 Å². The number of nitrogens with zero attached hydrogens (tertiary/aromatic N) is 2. The summed E-state index contributed by atoms with van der Waals surface area (Å²) in [6.07, 6.45) is 0. The van der Waals surface area contributed by atoms with Crippen LogP contribution < -0.4 is 0 Å². The predicted octanol–water partition coefficient (Wildman–Crippen LogP) is 4.15. The monoisotopic (exact) mass is 356 g/mol. The Labute approximate surface area is 145 Å². The molecule has 0 unspecified atom stereocenters. The quantitative estimate of drug-likeness (QED) is 0.776. The summed E-state index contributed by atoms with van der Waals surface area (Å²) in [5.74, 6) is 0.0778. The molecule has 1 aromatic carbocycles. The highest BCUT2D eigenvalue weighted by molar-refractivity contribution is 7.16. The number of benzene rings is 1. The first-order valence-electron chi connectivity index (χ1n) is 6.85. The average molecular weight is 357 g/mol. The molecule has 0 bridgehead atoms. The molecule has 0 fully saturated rings. The van der Waals surface area contributed by atoms with Crippen molar-refractivity contribution >= 4 is 40.4 Å². The van der Waals surface area contributed by atoms with Crippen LogP contribution in [0.5, 0.6) is 0 Å². The van der Waals surface area contributed by atoms with Gasteiger partial charge in [0, 0.05) is 23.5 Å². The molecule has 0 saturated heterocycles. The third kappa shape index (κ3) is 5.29. The fourth-order valence-corrected chi connectivity index (χ4v) is 3.47. The maximum Gasteiger partial charge on any atom is 0.236 e. The Hall–Kier alpha value is -1.07. The maximum absolute atomic E-state index is 12.3. The van der Waals surface area contributed by atoms with Gasteiger partial charge in [-0.15, -0.1) is 11.3 Å². The van der Waals surface area contributed by atoms with E-state index in [-0.39, 0.29) is 5.91 Å². The van der Waals surface area contributed by atoms with Gasteiger partial charge in [-0.3, -0.25) is 9.69 Å². The first-order chi connectivity index (χ1) is 10.4. The Kier molecular flexibility index (Phi) is 6.26. The third-order valence-electron chi connectivity index (χ3n) is 3.19. The van der Waals surface area contributed by atoms with E-state index in [1.807, 2.05) is 55.4 Å². The van der Waals surface area contributed by atoms with E-state index in [0.717, 1.165) is 14.8 Å². The van der Waals surface area contributed by atoms with Gasteiger partial charge in [0.2, 0.25) is 5.91 Å². The van der Waals surface area contributed by atoms with E-state index in [9.17, 15) is 4.79 Å². The van der Waals surface area contributed by atoms with Crippen molar-refractivity contribution in [1.82, 2.24) is 9.80 Å². The van der Waals surface area contributed by atoms with Gasteiger partial charge in [0.05, 0.1) is 17.4 Å². The second kappa shape index (κ2) is 7.97. The van der Waals surface area contributed by atoms with Crippen LogP contribution in [0.4, 0.5) is 0 Å². The minimum Gasteiger partial charge on any atom is -0.340 e. The molecule has 0 aliphatic heterocycles. The van der Waals surface area contributed by atoms with E-state index in [4.69, 9.17) is 23.2 Å². The lowest BCUT2D eigenvalue weighted by Crippen LogP contribution is -2.35. The molecule has 1 aromatic heterocycles. The Morgan fingerprint density at radius 3 is 2.55 bits per heavy atom. The molecular weight excluding hydrogens is 339 g/mol. The van der Waals surface area contributed by atoms with E-state index >= 15 is 0 Å². The van der Waals surface area contributed by atoms with E-state index in [1.165, 1.54) is 11.3 Å². The van der Waals surface area contributed by atoms with Crippen LogP contribution in [-0.4, -0.2) is 36.3 Å². The third-order valence-corrected chi connectivity index (χ3v) is 4.65. The summed E-state index contributed by atoms with van der Waals surface area (Å²) in [5, 5.41) is 0.712. The van der Waals surface area contributed by atoms with Gasteiger partial charge in [-0.25, -0.2) is 0 Å². The van der Waals surface area contributed by atoms with Crippen molar-refractivity contribution in [3.05, 3.63) is 56.2 Å². The van der Waals surface area contributed by atoms with E-state index in [2.05, 4.69) is 0 Å². The number of thiophene rings is 1. The number of halogens is 2. The zero-order chi connectivity index (χ0) is 16.1. The molecular formula is C16H18Cl2N2OS. The van der Waals surface area contributed by atoms with Crippen LogP contribution in [0.25, 0.3) is 0 Å². The number of rotatable bonds is 6. The topological polar surface area (TPSA) is 23.6 Å². The van der Waals surface area contributed by atoms with Crippen molar-refractivity contribution in [2.45, 2.75) is 13.1 Å². The smallest absolute Gasteiger partial charge is 0.236 e. The average Bonchev–Trinajstić information content (AvgIpc) is 2.83. The predicted molar refractivity (Wildman–Crippen MR) is 93.6 cm³/mol. The minimum atomic E-state index is 0.0778. The molecule has 2 aromatic rings. The SMILES string of the molecule is CN(CC(=O)N(C)Cc1ccc(Cl)s1)Cc1cccc(Cl)c1. The summed E-state index contributed by atoms with van der Waals surface area (Å²) in [4.78, 5) is 17.0. The van der Waals surface area contributed by atoms with E-state index in [0.29, 0.717) is 24.7 Å². The number of hydrogen-bond acceptors (Lipinski definition) is 3. The highest BCUT2D eigenvalue weighted by Gasteiger charge is 2.13. The van der Waals surface area contributed by atoms with Crippen molar-refractivity contribution in [1.29, 1.82) is 0 Å². The lowest BCUT2D eigenvalue weighted by molar-refractivity contribution is -0.131. The number of amides is 1. The molecule has 2 rings (SSSR count). The number of carbonyl (C=O) groups excluding carboxylic acids is 1.